The van der Waals surface area contributed by atoms with Crippen LogP contribution in [0.1, 0.15) is 0 Å². The average molecular weight is 395 g/mol. The van der Waals surface area contributed by atoms with Gasteiger partial charge in [-0.25, -0.2) is 8.42 Å². The van der Waals surface area contributed by atoms with E-state index in [2.05, 4.69) is 4.72 Å². The molecule has 9 heteroatoms. The van der Waals surface area contributed by atoms with Crippen LogP contribution in [0.4, 0.5) is 0 Å². The summed E-state index contributed by atoms with van der Waals surface area (Å²) in [4.78, 5) is 11.7. The van der Waals surface area contributed by atoms with Gasteiger partial charge in [0.2, 0.25) is 10.0 Å². The first-order valence-corrected chi connectivity index (χ1v) is 9.50. The maximum Gasteiger partial charge on any atom is 0.321 e. The second kappa shape index (κ2) is 9.79. The third-order valence-electron chi connectivity index (χ3n) is 3.43. The fourth-order valence-corrected chi connectivity index (χ4v) is 3.09. The number of carbonyl (C=O) groups is 1. The van der Waals surface area contributed by atoms with Crippen molar-refractivity contribution in [3.63, 3.8) is 0 Å². The number of hydrogen-bond acceptors (Lipinski definition) is 7. The first kappa shape index (κ1) is 20.5. The number of ether oxygens (including phenoxy) is 4. The van der Waals surface area contributed by atoms with E-state index in [0.717, 1.165) is 0 Å². The highest BCUT2D eigenvalue weighted by Crippen LogP contribution is 2.29. The van der Waals surface area contributed by atoms with Crippen LogP contribution in [0, 0.1) is 0 Å². The Labute approximate surface area is 158 Å². The molecule has 0 spiro atoms. The highest BCUT2D eigenvalue weighted by molar-refractivity contribution is 7.89. The third-order valence-corrected chi connectivity index (χ3v) is 4.83. The molecular formula is C18H21NO7S. The molecule has 0 fully saturated rings. The van der Waals surface area contributed by atoms with Crippen LogP contribution in [0.2, 0.25) is 0 Å². The largest absolute Gasteiger partial charge is 0.493 e. The Morgan fingerprint density at radius 1 is 0.963 bits per heavy atom. The molecule has 0 radical (unpaired) electrons. The van der Waals surface area contributed by atoms with Gasteiger partial charge in [-0.1, -0.05) is 18.2 Å². The molecule has 2 aromatic rings. The van der Waals surface area contributed by atoms with Crippen LogP contribution in [-0.2, 0) is 19.6 Å². The summed E-state index contributed by atoms with van der Waals surface area (Å²) >= 11 is 0. The molecule has 0 amide bonds. The maximum absolute atomic E-state index is 12.3. The lowest BCUT2D eigenvalue weighted by molar-refractivity contribution is -0.142. The highest BCUT2D eigenvalue weighted by Gasteiger charge is 2.18. The van der Waals surface area contributed by atoms with Crippen molar-refractivity contribution in [1.82, 2.24) is 4.72 Å². The molecule has 0 heterocycles. The van der Waals surface area contributed by atoms with Crippen molar-refractivity contribution in [1.29, 1.82) is 0 Å². The van der Waals surface area contributed by atoms with E-state index in [1.165, 1.54) is 32.4 Å². The lowest BCUT2D eigenvalue weighted by Gasteiger charge is -2.11. The van der Waals surface area contributed by atoms with E-state index in [9.17, 15) is 13.2 Å². The van der Waals surface area contributed by atoms with Crippen LogP contribution in [-0.4, -0.2) is 48.4 Å². The number of benzene rings is 2. The lowest BCUT2D eigenvalue weighted by Crippen LogP contribution is -2.31. The summed E-state index contributed by atoms with van der Waals surface area (Å²) in [5.74, 6) is 0.605. The van der Waals surface area contributed by atoms with E-state index in [4.69, 9.17) is 18.9 Å². The zero-order valence-corrected chi connectivity index (χ0v) is 15.8. The molecule has 0 unspecified atom stereocenters. The summed E-state index contributed by atoms with van der Waals surface area (Å²) in [6.07, 6.45) is 0. The van der Waals surface area contributed by atoms with Crippen molar-refractivity contribution < 1.29 is 32.2 Å². The zero-order chi connectivity index (χ0) is 19.7. The van der Waals surface area contributed by atoms with Crippen LogP contribution in [0.5, 0.6) is 17.2 Å². The molecule has 0 aliphatic heterocycles. The number of carbonyl (C=O) groups excluding carboxylic acids is 1. The predicted molar refractivity (Wildman–Crippen MR) is 97.6 cm³/mol. The van der Waals surface area contributed by atoms with Gasteiger partial charge in [0, 0.05) is 6.07 Å². The van der Waals surface area contributed by atoms with Gasteiger partial charge in [0.05, 0.1) is 19.1 Å². The van der Waals surface area contributed by atoms with E-state index < -0.39 is 22.5 Å². The summed E-state index contributed by atoms with van der Waals surface area (Å²) in [6, 6.07) is 13.2. The van der Waals surface area contributed by atoms with Crippen molar-refractivity contribution in [3.05, 3.63) is 48.5 Å². The number of rotatable bonds is 10. The number of methoxy groups -OCH3 is 2. The van der Waals surface area contributed by atoms with Crippen LogP contribution >= 0.6 is 0 Å². The molecule has 1 N–H and O–H groups in total. The Balaban J connectivity index is 1.81. The van der Waals surface area contributed by atoms with Crippen molar-refractivity contribution in [2.75, 3.05) is 34.0 Å². The molecule has 27 heavy (non-hydrogen) atoms. The zero-order valence-electron chi connectivity index (χ0n) is 15.0. The van der Waals surface area contributed by atoms with Crippen molar-refractivity contribution >= 4 is 16.0 Å². The summed E-state index contributed by atoms with van der Waals surface area (Å²) in [5.41, 5.74) is 0. The SMILES string of the molecule is COc1ccc(S(=O)(=O)NCC(=O)OCCOc2ccccc2)cc1OC. The first-order chi connectivity index (χ1) is 13.0. The third kappa shape index (κ3) is 6.15. The second-order valence-corrected chi connectivity index (χ2v) is 6.99. The van der Waals surface area contributed by atoms with Crippen LogP contribution in [0.3, 0.4) is 0 Å². The smallest absolute Gasteiger partial charge is 0.321 e. The Morgan fingerprint density at radius 3 is 2.33 bits per heavy atom. The molecular weight excluding hydrogens is 374 g/mol. The first-order valence-electron chi connectivity index (χ1n) is 8.01. The number of nitrogens with one attached hydrogen (secondary N) is 1. The molecule has 0 aromatic heterocycles. The van der Waals surface area contributed by atoms with Crippen molar-refractivity contribution in [2.24, 2.45) is 0 Å². The van der Waals surface area contributed by atoms with E-state index in [-0.39, 0.29) is 23.9 Å². The minimum atomic E-state index is -3.90. The van der Waals surface area contributed by atoms with Crippen molar-refractivity contribution in [2.45, 2.75) is 4.90 Å². The molecule has 0 saturated carbocycles. The van der Waals surface area contributed by atoms with Crippen LogP contribution < -0.4 is 18.9 Å². The molecule has 146 valence electrons. The average Bonchev–Trinajstić information content (AvgIpc) is 2.70. The lowest BCUT2D eigenvalue weighted by atomic mass is 10.3. The minimum absolute atomic E-state index is 0.00577. The Hall–Kier alpha value is -2.78. The second-order valence-electron chi connectivity index (χ2n) is 5.22. The number of hydrogen-bond donors (Lipinski definition) is 1. The van der Waals surface area contributed by atoms with Gasteiger partial charge in [0.15, 0.2) is 11.5 Å². The van der Waals surface area contributed by atoms with Gasteiger partial charge in [0.1, 0.15) is 25.5 Å². The standard InChI is InChI=1S/C18H21NO7S/c1-23-16-9-8-15(12-17(16)24-2)27(21,22)19-13-18(20)26-11-10-25-14-6-4-3-5-7-14/h3-9,12,19H,10-11,13H2,1-2H3. The van der Waals surface area contributed by atoms with Crippen LogP contribution in [0.25, 0.3) is 0 Å². The Bertz CT molecular complexity index is 853. The normalized spacial score (nSPS) is 10.9. The van der Waals surface area contributed by atoms with Gasteiger partial charge in [-0.15, -0.1) is 0 Å². The molecule has 0 saturated heterocycles. The summed E-state index contributed by atoms with van der Waals surface area (Å²) in [5, 5.41) is 0. The van der Waals surface area contributed by atoms with Gasteiger partial charge in [-0.2, -0.15) is 4.72 Å². The number of sulfonamides is 1. The molecule has 0 bridgehead atoms. The maximum atomic E-state index is 12.3. The van der Waals surface area contributed by atoms with E-state index >= 15 is 0 Å². The predicted octanol–water partition coefficient (Wildman–Crippen LogP) is 1.60. The Morgan fingerprint density at radius 2 is 1.67 bits per heavy atom. The monoisotopic (exact) mass is 395 g/mol. The number of para-hydroxylation sites is 1. The van der Waals surface area contributed by atoms with Crippen molar-refractivity contribution in [3.8, 4) is 17.2 Å². The van der Waals surface area contributed by atoms with Gasteiger partial charge in [-0.05, 0) is 24.3 Å². The molecule has 0 aliphatic rings. The van der Waals surface area contributed by atoms with Gasteiger partial charge >= 0.3 is 5.97 Å². The molecule has 8 nitrogen and oxygen atoms in total. The van der Waals surface area contributed by atoms with E-state index in [1.54, 1.807) is 12.1 Å². The quantitative estimate of drug-likeness (QED) is 0.482. The molecule has 2 aromatic carbocycles. The molecule has 0 atom stereocenters. The Kier molecular flexibility index (Phi) is 7.44. The number of esters is 1. The molecule has 0 aliphatic carbocycles. The summed E-state index contributed by atoms with van der Waals surface area (Å²) < 4.78 is 47.2. The molecule has 2 rings (SSSR count). The summed E-state index contributed by atoms with van der Waals surface area (Å²) in [6.45, 7) is -0.327. The fraction of sp³-hybridized carbons (Fsp3) is 0.278. The van der Waals surface area contributed by atoms with Gasteiger partial charge in [-0.3, -0.25) is 4.79 Å². The van der Waals surface area contributed by atoms with Crippen LogP contribution in [0.15, 0.2) is 53.4 Å². The highest BCUT2D eigenvalue weighted by atomic mass is 32.2. The minimum Gasteiger partial charge on any atom is -0.493 e. The van der Waals surface area contributed by atoms with E-state index in [0.29, 0.717) is 11.5 Å². The van der Waals surface area contributed by atoms with Gasteiger partial charge < -0.3 is 18.9 Å². The van der Waals surface area contributed by atoms with E-state index in [1.807, 2.05) is 18.2 Å². The summed E-state index contributed by atoms with van der Waals surface area (Å²) in [7, 11) is -1.06. The van der Waals surface area contributed by atoms with Gasteiger partial charge in [0.25, 0.3) is 0 Å². The topological polar surface area (TPSA) is 100 Å². The fourth-order valence-electron chi connectivity index (χ4n) is 2.10.